The lowest BCUT2D eigenvalue weighted by Crippen LogP contribution is -2.25. The summed E-state index contributed by atoms with van der Waals surface area (Å²) in [6, 6.07) is 11.4. The van der Waals surface area contributed by atoms with Gasteiger partial charge in [0, 0.05) is 22.9 Å². The quantitative estimate of drug-likeness (QED) is 0.398. The summed E-state index contributed by atoms with van der Waals surface area (Å²) < 4.78 is 41.6. The molecule has 1 aromatic heterocycles. The summed E-state index contributed by atoms with van der Waals surface area (Å²) in [6.07, 6.45) is 1.26. The number of amides is 1. The Labute approximate surface area is 191 Å². The standard InChI is InChI=1S/C20H18FIN4O4S/c1-26-17(27)10-16(30-12-4-3-5-13(9-12)31(2,24)29)18(19(23)28)20(26)25-15-7-6-11(22)8-14(15)21/h3-10,24-25H,1-2H3,(H2,23,28). The van der Waals surface area contributed by atoms with Gasteiger partial charge in [-0.05, 0) is 59.0 Å². The largest absolute Gasteiger partial charge is 0.456 e. The summed E-state index contributed by atoms with van der Waals surface area (Å²) in [6.45, 7) is 0. The second-order valence-electron chi connectivity index (χ2n) is 6.66. The third kappa shape index (κ3) is 5.05. The fourth-order valence-corrected chi connectivity index (χ4v) is 3.90. The number of carbonyl (C=O) groups excluding carboxylic acids is 1. The Hall–Kier alpha value is -2.93. The van der Waals surface area contributed by atoms with Gasteiger partial charge >= 0.3 is 0 Å². The van der Waals surface area contributed by atoms with E-state index in [9.17, 15) is 18.2 Å². The van der Waals surface area contributed by atoms with Crippen LogP contribution < -0.4 is 21.3 Å². The van der Waals surface area contributed by atoms with Crippen molar-refractivity contribution in [2.75, 3.05) is 11.6 Å². The molecule has 162 valence electrons. The monoisotopic (exact) mass is 556 g/mol. The van der Waals surface area contributed by atoms with Crippen LogP contribution in [0.1, 0.15) is 10.4 Å². The summed E-state index contributed by atoms with van der Waals surface area (Å²) in [7, 11) is -1.61. The van der Waals surface area contributed by atoms with Crippen molar-refractivity contribution in [3.05, 3.63) is 73.8 Å². The molecule has 0 aliphatic carbocycles. The van der Waals surface area contributed by atoms with Crippen molar-refractivity contribution in [1.82, 2.24) is 4.57 Å². The van der Waals surface area contributed by atoms with Gasteiger partial charge in [-0.1, -0.05) is 6.07 Å². The highest BCUT2D eigenvalue weighted by molar-refractivity contribution is 14.1. The predicted octanol–water partition coefficient (Wildman–Crippen LogP) is 3.80. The molecule has 0 saturated heterocycles. The van der Waals surface area contributed by atoms with Crippen molar-refractivity contribution < 1.29 is 18.1 Å². The Morgan fingerprint density at radius 1 is 1.26 bits per heavy atom. The van der Waals surface area contributed by atoms with E-state index in [4.69, 9.17) is 15.3 Å². The fraction of sp³-hybridized carbons (Fsp3) is 0.100. The minimum atomic E-state index is -3.01. The zero-order valence-corrected chi connectivity index (χ0v) is 19.4. The molecule has 31 heavy (non-hydrogen) atoms. The second kappa shape index (κ2) is 8.67. The molecule has 0 saturated carbocycles. The van der Waals surface area contributed by atoms with Crippen molar-refractivity contribution in [1.29, 1.82) is 4.78 Å². The molecule has 0 radical (unpaired) electrons. The lowest BCUT2D eigenvalue weighted by Gasteiger charge is -2.18. The number of rotatable bonds is 6. The van der Waals surface area contributed by atoms with E-state index in [0.29, 0.717) is 3.57 Å². The molecule has 0 aliphatic rings. The van der Waals surface area contributed by atoms with Crippen LogP contribution in [-0.2, 0) is 16.8 Å². The lowest BCUT2D eigenvalue weighted by molar-refractivity contribution is 0.0998. The highest BCUT2D eigenvalue weighted by Crippen LogP contribution is 2.32. The summed E-state index contributed by atoms with van der Waals surface area (Å²) in [5, 5.41) is 2.75. The van der Waals surface area contributed by atoms with E-state index in [1.165, 1.54) is 49.7 Å². The minimum absolute atomic E-state index is 0.0389. The van der Waals surface area contributed by atoms with Crippen LogP contribution in [0.15, 0.2) is 58.2 Å². The smallest absolute Gasteiger partial charge is 0.256 e. The molecule has 0 aliphatic heterocycles. The molecule has 0 bridgehead atoms. The number of aromatic nitrogens is 1. The first kappa shape index (κ1) is 22.7. The molecule has 2 aromatic carbocycles. The zero-order chi connectivity index (χ0) is 22.9. The maximum absolute atomic E-state index is 14.4. The zero-order valence-electron chi connectivity index (χ0n) is 16.4. The number of nitrogens with zero attached hydrogens (tertiary/aromatic N) is 1. The molecule has 0 spiro atoms. The Morgan fingerprint density at radius 2 is 1.97 bits per heavy atom. The van der Waals surface area contributed by atoms with E-state index in [0.717, 1.165) is 10.6 Å². The van der Waals surface area contributed by atoms with E-state index in [1.807, 2.05) is 22.6 Å². The number of hydrogen-bond donors (Lipinski definition) is 3. The summed E-state index contributed by atoms with van der Waals surface area (Å²) in [5.74, 6) is -1.54. The number of benzene rings is 2. The number of primary amides is 1. The molecule has 1 heterocycles. The summed E-state index contributed by atoms with van der Waals surface area (Å²) in [4.78, 5) is 25.0. The molecule has 4 N–H and O–H groups in total. The number of hydrogen-bond acceptors (Lipinski definition) is 6. The molecule has 8 nitrogen and oxygen atoms in total. The first-order chi connectivity index (χ1) is 14.5. The molecule has 1 amide bonds. The maximum Gasteiger partial charge on any atom is 0.256 e. The van der Waals surface area contributed by atoms with E-state index >= 15 is 0 Å². The topological polar surface area (TPSA) is 127 Å². The van der Waals surface area contributed by atoms with Crippen molar-refractivity contribution in [3.63, 3.8) is 0 Å². The number of halogens is 2. The third-order valence-corrected chi connectivity index (χ3v) is 6.14. The Kier molecular flexibility index (Phi) is 6.36. The molecule has 1 atom stereocenters. The normalized spacial score (nSPS) is 12.8. The highest BCUT2D eigenvalue weighted by Gasteiger charge is 2.22. The van der Waals surface area contributed by atoms with Crippen molar-refractivity contribution >= 4 is 49.7 Å². The number of nitrogens with two attached hydrogens (primary N) is 1. The van der Waals surface area contributed by atoms with Crippen molar-refractivity contribution in [2.45, 2.75) is 4.90 Å². The summed E-state index contributed by atoms with van der Waals surface area (Å²) >= 11 is 1.96. The van der Waals surface area contributed by atoms with E-state index in [-0.39, 0.29) is 33.5 Å². The van der Waals surface area contributed by atoms with Gasteiger partial charge < -0.3 is 15.8 Å². The van der Waals surface area contributed by atoms with Crippen LogP contribution in [0, 0.1) is 14.2 Å². The van der Waals surface area contributed by atoms with E-state index < -0.39 is 27.0 Å². The number of anilines is 2. The Balaban J connectivity index is 2.14. The molecular weight excluding hydrogens is 538 g/mol. The van der Waals surface area contributed by atoms with Crippen LogP contribution in [0.3, 0.4) is 0 Å². The SMILES string of the molecule is Cn1c(Nc2ccc(I)cc2F)c(C(N)=O)c(Oc2cccc(S(C)(=N)=O)c2)cc1=O. The van der Waals surface area contributed by atoms with Gasteiger partial charge in [0.2, 0.25) is 0 Å². The van der Waals surface area contributed by atoms with Crippen LogP contribution in [-0.4, -0.2) is 20.9 Å². The first-order valence-corrected chi connectivity index (χ1v) is 11.8. The van der Waals surface area contributed by atoms with Crippen molar-refractivity contribution in [3.8, 4) is 11.5 Å². The molecule has 3 rings (SSSR count). The molecule has 3 aromatic rings. The van der Waals surface area contributed by atoms with Crippen LogP contribution in [0.5, 0.6) is 11.5 Å². The Bertz CT molecular complexity index is 1360. The second-order valence-corrected chi connectivity index (χ2v) is 10.1. The molecule has 0 fully saturated rings. The van der Waals surface area contributed by atoms with Gasteiger partial charge in [0.1, 0.15) is 28.7 Å². The van der Waals surface area contributed by atoms with Crippen LogP contribution in [0.2, 0.25) is 0 Å². The predicted molar refractivity (Wildman–Crippen MR) is 124 cm³/mol. The number of carbonyl (C=O) groups is 1. The molecular formula is C20H18FIN4O4S. The van der Waals surface area contributed by atoms with Gasteiger partial charge in [-0.3, -0.25) is 14.2 Å². The van der Waals surface area contributed by atoms with Gasteiger partial charge in [0.05, 0.1) is 20.3 Å². The van der Waals surface area contributed by atoms with E-state index in [2.05, 4.69) is 5.32 Å². The fourth-order valence-electron chi connectivity index (χ4n) is 2.77. The lowest BCUT2D eigenvalue weighted by atomic mass is 10.2. The van der Waals surface area contributed by atoms with Gasteiger partial charge in [-0.25, -0.2) is 13.4 Å². The van der Waals surface area contributed by atoms with E-state index in [1.54, 1.807) is 6.07 Å². The van der Waals surface area contributed by atoms with Crippen molar-refractivity contribution in [2.24, 2.45) is 12.8 Å². The van der Waals surface area contributed by atoms with Gasteiger partial charge in [-0.2, -0.15) is 0 Å². The van der Waals surface area contributed by atoms with Gasteiger partial charge in [0.25, 0.3) is 11.5 Å². The van der Waals surface area contributed by atoms with Gasteiger partial charge in [0.15, 0.2) is 0 Å². The molecule has 1 unspecified atom stereocenters. The van der Waals surface area contributed by atoms with Crippen LogP contribution in [0.25, 0.3) is 0 Å². The summed E-state index contributed by atoms with van der Waals surface area (Å²) in [5.41, 5.74) is 4.89. The number of nitrogens with one attached hydrogen (secondary N) is 2. The highest BCUT2D eigenvalue weighted by atomic mass is 127. The first-order valence-electron chi connectivity index (χ1n) is 8.75. The van der Waals surface area contributed by atoms with Crippen LogP contribution in [0.4, 0.5) is 15.9 Å². The average molecular weight is 556 g/mol. The third-order valence-electron chi connectivity index (χ3n) is 4.32. The average Bonchev–Trinajstić information content (AvgIpc) is 2.67. The number of pyridine rings is 1. The Morgan fingerprint density at radius 3 is 2.58 bits per heavy atom. The minimum Gasteiger partial charge on any atom is -0.456 e. The maximum atomic E-state index is 14.4. The van der Waals surface area contributed by atoms with Gasteiger partial charge in [-0.15, -0.1) is 0 Å². The molecule has 11 heteroatoms. The van der Waals surface area contributed by atoms with Crippen LogP contribution >= 0.6 is 22.6 Å². The number of ether oxygens (including phenoxy) is 1.